The van der Waals surface area contributed by atoms with E-state index in [4.69, 9.17) is 16.7 Å². The van der Waals surface area contributed by atoms with Gasteiger partial charge in [0.25, 0.3) is 0 Å². The molecule has 0 saturated heterocycles. The Kier molecular flexibility index (Phi) is 2.98. The molecule has 0 aromatic carbocycles. The average molecular weight is 243 g/mol. The number of halogens is 1. The Labute approximate surface area is 97.1 Å². The Bertz CT molecular complexity index is 421. The summed E-state index contributed by atoms with van der Waals surface area (Å²) in [5.74, 6) is 0.202. The van der Waals surface area contributed by atoms with Gasteiger partial charge in [0.05, 0.1) is 18.0 Å². The van der Waals surface area contributed by atoms with Crippen LogP contribution in [0.5, 0.6) is 0 Å². The fourth-order valence-electron chi connectivity index (χ4n) is 1.57. The minimum Gasteiger partial charge on any atom is -0.465 e. The molecule has 3 N–H and O–H groups in total. The van der Waals surface area contributed by atoms with Crippen LogP contribution in [-0.2, 0) is 0 Å². The molecule has 1 fully saturated rings. The van der Waals surface area contributed by atoms with Crippen LogP contribution >= 0.6 is 11.6 Å². The van der Waals surface area contributed by atoms with Crippen molar-refractivity contribution in [2.45, 2.75) is 18.9 Å². The monoisotopic (exact) mass is 242 g/mol. The third-order valence-electron chi connectivity index (χ3n) is 2.53. The number of nitrogens with zero attached hydrogens (tertiary/aromatic N) is 1. The number of carbonyl (C=O) groups is 1. The molecule has 0 bridgehead atoms. The lowest BCUT2D eigenvalue weighted by molar-refractivity contribution is 0.154. The van der Waals surface area contributed by atoms with Crippen LogP contribution in [0.1, 0.15) is 24.5 Å². The summed E-state index contributed by atoms with van der Waals surface area (Å²) in [6.45, 7) is 0. The van der Waals surface area contributed by atoms with Gasteiger partial charge in [-0.25, -0.2) is 9.78 Å². The van der Waals surface area contributed by atoms with Gasteiger partial charge in [-0.2, -0.15) is 0 Å². The maximum Gasteiger partial charge on any atom is 0.409 e. The molecule has 5 nitrogen and oxygen atoms in total. The third kappa shape index (κ3) is 2.43. The number of amides is 1. The topological polar surface area (TPSA) is 82.5 Å². The van der Waals surface area contributed by atoms with E-state index in [2.05, 4.69) is 10.3 Å². The summed E-state index contributed by atoms with van der Waals surface area (Å²) in [5, 5.41) is 21.0. The van der Waals surface area contributed by atoms with Gasteiger partial charge in [0, 0.05) is 5.56 Å². The number of aromatic nitrogens is 1. The lowest BCUT2D eigenvalue weighted by Gasteiger charge is -2.14. The van der Waals surface area contributed by atoms with Crippen molar-refractivity contribution in [2.24, 2.45) is 5.92 Å². The SMILES string of the molecule is O=C(O)Nc1cnc(Cl)cc1C(O)C1CC1. The molecule has 16 heavy (non-hydrogen) atoms. The summed E-state index contributed by atoms with van der Waals surface area (Å²) in [7, 11) is 0. The van der Waals surface area contributed by atoms with Gasteiger partial charge in [0.15, 0.2) is 0 Å². The predicted octanol–water partition coefficient (Wildman–Crippen LogP) is 2.27. The van der Waals surface area contributed by atoms with Crippen molar-refractivity contribution >= 4 is 23.4 Å². The molecule has 1 aliphatic rings. The van der Waals surface area contributed by atoms with E-state index in [-0.39, 0.29) is 16.8 Å². The van der Waals surface area contributed by atoms with Crippen LogP contribution in [0.3, 0.4) is 0 Å². The highest BCUT2D eigenvalue weighted by molar-refractivity contribution is 6.29. The van der Waals surface area contributed by atoms with E-state index >= 15 is 0 Å². The first kappa shape index (κ1) is 11.2. The Balaban J connectivity index is 2.31. The van der Waals surface area contributed by atoms with Crippen molar-refractivity contribution in [3.63, 3.8) is 0 Å². The average Bonchev–Trinajstić information content (AvgIpc) is 3.02. The van der Waals surface area contributed by atoms with Gasteiger partial charge in [0.1, 0.15) is 5.15 Å². The second kappa shape index (κ2) is 4.27. The van der Waals surface area contributed by atoms with E-state index < -0.39 is 12.2 Å². The summed E-state index contributed by atoms with van der Waals surface area (Å²) < 4.78 is 0. The molecule has 1 heterocycles. The summed E-state index contributed by atoms with van der Waals surface area (Å²) in [4.78, 5) is 14.3. The molecule has 0 aliphatic heterocycles. The van der Waals surface area contributed by atoms with E-state index in [0.717, 1.165) is 12.8 Å². The van der Waals surface area contributed by atoms with Crippen molar-refractivity contribution < 1.29 is 15.0 Å². The number of aliphatic hydroxyl groups excluding tert-OH is 1. The van der Waals surface area contributed by atoms with E-state index in [1.165, 1.54) is 12.3 Å². The number of anilines is 1. The Hall–Kier alpha value is -1.33. The number of pyridine rings is 1. The zero-order valence-corrected chi connectivity index (χ0v) is 9.11. The van der Waals surface area contributed by atoms with Crippen LogP contribution in [0.15, 0.2) is 12.3 Å². The minimum absolute atomic E-state index is 0.202. The number of aliphatic hydroxyl groups is 1. The summed E-state index contributed by atoms with van der Waals surface area (Å²) in [6, 6.07) is 1.50. The molecular weight excluding hydrogens is 232 g/mol. The zero-order valence-electron chi connectivity index (χ0n) is 8.35. The molecule has 6 heteroatoms. The summed E-state index contributed by atoms with van der Waals surface area (Å²) >= 11 is 5.73. The van der Waals surface area contributed by atoms with Gasteiger partial charge < -0.3 is 10.2 Å². The van der Waals surface area contributed by atoms with Crippen molar-refractivity contribution in [1.29, 1.82) is 0 Å². The molecule has 1 saturated carbocycles. The van der Waals surface area contributed by atoms with Crippen LogP contribution < -0.4 is 5.32 Å². The number of hydrogen-bond donors (Lipinski definition) is 3. The summed E-state index contributed by atoms with van der Waals surface area (Å²) in [6.07, 6.45) is 1.36. The molecule has 1 aromatic heterocycles. The number of nitrogens with one attached hydrogen (secondary N) is 1. The largest absolute Gasteiger partial charge is 0.465 e. The van der Waals surface area contributed by atoms with Crippen molar-refractivity contribution in [1.82, 2.24) is 4.98 Å². The van der Waals surface area contributed by atoms with Crippen LogP contribution in [-0.4, -0.2) is 21.3 Å². The zero-order chi connectivity index (χ0) is 11.7. The predicted molar refractivity (Wildman–Crippen MR) is 58.6 cm³/mol. The first-order chi connectivity index (χ1) is 7.58. The van der Waals surface area contributed by atoms with Crippen LogP contribution in [0, 0.1) is 5.92 Å². The smallest absolute Gasteiger partial charge is 0.409 e. The van der Waals surface area contributed by atoms with E-state index in [0.29, 0.717) is 5.56 Å². The van der Waals surface area contributed by atoms with Crippen molar-refractivity contribution in [3.8, 4) is 0 Å². The highest BCUT2D eigenvalue weighted by atomic mass is 35.5. The fraction of sp³-hybridized carbons (Fsp3) is 0.400. The van der Waals surface area contributed by atoms with Gasteiger partial charge in [-0.3, -0.25) is 5.32 Å². The molecular formula is C10H11ClN2O3. The highest BCUT2D eigenvalue weighted by Crippen LogP contribution is 2.43. The van der Waals surface area contributed by atoms with Gasteiger partial charge in [-0.05, 0) is 24.8 Å². The summed E-state index contributed by atoms with van der Waals surface area (Å²) in [5.41, 5.74) is 0.779. The molecule has 1 amide bonds. The second-order valence-corrected chi connectivity index (χ2v) is 4.19. The Morgan fingerprint density at radius 3 is 2.88 bits per heavy atom. The highest BCUT2D eigenvalue weighted by Gasteiger charge is 2.32. The van der Waals surface area contributed by atoms with Gasteiger partial charge >= 0.3 is 6.09 Å². The molecule has 2 rings (SSSR count). The molecule has 1 aliphatic carbocycles. The number of carboxylic acid groups (broad SMARTS) is 1. The Morgan fingerprint density at radius 1 is 1.62 bits per heavy atom. The van der Waals surface area contributed by atoms with Crippen LogP contribution in [0.4, 0.5) is 10.5 Å². The third-order valence-corrected chi connectivity index (χ3v) is 2.74. The lowest BCUT2D eigenvalue weighted by Crippen LogP contribution is -2.12. The standard InChI is InChI=1S/C10H11ClN2O3/c11-8-3-6(9(14)5-1-2-5)7(4-12-8)13-10(15)16/h3-5,9,13-14H,1-2H2,(H,15,16). The minimum atomic E-state index is -1.19. The van der Waals surface area contributed by atoms with E-state index in [9.17, 15) is 9.90 Å². The lowest BCUT2D eigenvalue weighted by atomic mass is 10.1. The second-order valence-electron chi connectivity index (χ2n) is 3.81. The molecule has 1 unspecified atom stereocenters. The van der Waals surface area contributed by atoms with Gasteiger partial charge in [-0.15, -0.1) is 0 Å². The normalized spacial score (nSPS) is 16.9. The fourth-order valence-corrected chi connectivity index (χ4v) is 1.74. The quantitative estimate of drug-likeness (QED) is 0.710. The van der Waals surface area contributed by atoms with E-state index in [1.807, 2.05) is 0 Å². The first-order valence-corrected chi connectivity index (χ1v) is 5.29. The van der Waals surface area contributed by atoms with Gasteiger partial charge in [-0.1, -0.05) is 11.6 Å². The molecule has 86 valence electrons. The van der Waals surface area contributed by atoms with Gasteiger partial charge in [0.2, 0.25) is 0 Å². The number of hydrogen-bond acceptors (Lipinski definition) is 3. The van der Waals surface area contributed by atoms with E-state index in [1.54, 1.807) is 0 Å². The Morgan fingerprint density at radius 2 is 2.31 bits per heavy atom. The van der Waals surface area contributed by atoms with Crippen molar-refractivity contribution in [2.75, 3.05) is 5.32 Å². The molecule has 1 aromatic rings. The maximum absolute atomic E-state index is 10.6. The molecule has 0 spiro atoms. The van der Waals surface area contributed by atoms with Crippen molar-refractivity contribution in [3.05, 3.63) is 23.0 Å². The van der Waals surface area contributed by atoms with Crippen LogP contribution in [0.2, 0.25) is 5.15 Å². The van der Waals surface area contributed by atoms with Crippen LogP contribution in [0.25, 0.3) is 0 Å². The molecule has 0 radical (unpaired) electrons. The number of rotatable bonds is 3. The first-order valence-electron chi connectivity index (χ1n) is 4.91. The maximum atomic E-state index is 10.6. The molecule has 1 atom stereocenters.